The highest BCUT2D eigenvalue weighted by Crippen LogP contribution is 2.25. The molecular formula is C14H21FN2O2S2. The summed E-state index contributed by atoms with van der Waals surface area (Å²) in [4.78, 5) is 0.125. The molecule has 0 bridgehead atoms. The van der Waals surface area contributed by atoms with Crippen LogP contribution in [0.2, 0.25) is 0 Å². The van der Waals surface area contributed by atoms with Crippen LogP contribution in [0.4, 0.5) is 4.39 Å². The van der Waals surface area contributed by atoms with Crippen molar-refractivity contribution in [3.05, 3.63) is 29.6 Å². The Bertz CT molecular complexity index is 572. The second-order valence-electron chi connectivity index (χ2n) is 5.02. The van der Waals surface area contributed by atoms with Gasteiger partial charge >= 0.3 is 0 Å². The maximum Gasteiger partial charge on any atom is 0.240 e. The lowest BCUT2D eigenvalue weighted by atomic mass is 10.2. The van der Waals surface area contributed by atoms with Gasteiger partial charge in [0.2, 0.25) is 10.0 Å². The van der Waals surface area contributed by atoms with Gasteiger partial charge in [-0.1, -0.05) is 6.92 Å². The average Bonchev–Trinajstić information content (AvgIpc) is 2.97. The molecule has 0 aliphatic carbocycles. The van der Waals surface area contributed by atoms with Crippen molar-refractivity contribution in [1.82, 2.24) is 10.0 Å². The van der Waals surface area contributed by atoms with Crippen molar-refractivity contribution in [2.75, 3.05) is 18.8 Å². The van der Waals surface area contributed by atoms with Crippen LogP contribution in [0.5, 0.6) is 0 Å². The third kappa shape index (κ3) is 4.67. The first-order valence-electron chi connectivity index (χ1n) is 7.13. The van der Waals surface area contributed by atoms with Crippen molar-refractivity contribution in [3.63, 3.8) is 0 Å². The van der Waals surface area contributed by atoms with Gasteiger partial charge in [0.25, 0.3) is 0 Å². The Balaban J connectivity index is 2.07. The zero-order chi connectivity index (χ0) is 15.3. The quantitative estimate of drug-likeness (QED) is 0.803. The molecule has 21 heavy (non-hydrogen) atoms. The SMILES string of the molecule is CCNCc1cc(S(=O)(=O)NCC2CCCS2)ccc1F. The van der Waals surface area contributed by atoms with Gasteiger partial charge in [0.1, 0.15) is 5.82 Å². The molecule has 7 heteroatoms. The fraction of sp³-hybridized carbons (Fsp3) is 0.571. The summed E-state index contributed by atoms with van der Waals surface area (Å²) < 4.78 is 40.8. The van der Waals surface area contributed by atoms with E-state index < -0.39 is 10.0 Å². The normalized spacial score (nSPS) is 19.0. The average molecular weight is 332 g/mol. The molecule has 118 valence electrons. The maximum absolute atomic E-state index is 13.7. The van der Waals surface area contributed by atoms with Gasteiger partial charge in [-0.05, 0) is 43.3 Å². The van der Waals surface area contributed by atoms with Crippen LogP contribution in [0.15, 0.2) is 23.1 Å². The predicted molar refractivity (Wildman–Crippen MR) is 84.4 cm³/mol. The number of halogens is 1. The molecule has 1 saturated heterocycles. The van der Waals surface area contributed by atoms with Gasteiger partial charge in [0, 0.05) is 23.9 Å². The molecule has 1 aromatic rings. The minimum absolute atomic E-state index is 0.125. The number of hydrogen-bond donors (Lipinski definition) is 2. The van der Waals surface area contributed by atoms with E-state index >= 15 is 0 Å². The summed E-state index contributed by atoms with van der Waals surface area (Å²) in [5, 5.41) is 3.35. The number of hydrogen-bond acceptors (Lipinski definition) is 4. The molecule has 1 unspecified atom stereocenters. The second-order valence-corrected chi connectivity index (χ2v) is 8.20. The van der Waals surface area contributed by atoms with Crippen molar-refractivity contribution in [2.45, 2.75) is 36.5 Å². The van der Waals surface area contributed by atoms with Gasteiger partial charge in [0.15, 0.2) is 0 Å². The molecule has 1 fully saturated rings. The van der Waals surface area contributed by atoms with E-state index in [0.29, 0.717) is 30.4 Å². The number of nitrogens with one attached hydrogen (secondary N) is 2. The van der Waals surface area contributed by atoms with Crippen molar-refractivity contribution in [1.29, 1.82) is 0 Å². The zero-order valence-electron chi connectivity index (χ0n) is 12.1. The van der Waals surface area contributed by atoms with E-state index in [2.05, 4.69) is 10.0 Å². The van der Waals surface area contributed by atoms with Gasteiger partial charge in [-0.2, -0.15) is 11.8 Å². The molecule has 0 amide bonds. The number of benzene rings is 1. The monoisotopic (exact) mass is 332 g/mol. The fourth-order valence-electron chi connectivity index (χ4n) is 2.20. The first-order valence-corrected chi connectivity index (χ1v) is 9.66. The van der Waals surface area contributed by atoms with Crippen LogP contribution in [-0.4, -0.2) is 32.5 Å². The van der Waals surface area contributed by atoms with Crippen LogP contribution in [-0.2, 0) is 16.6 Å². The van der Waals surface area contributed by atoms with E-state index in [0.717, 1.165) is 18.6 Å². The van der Waals surface area contributed by atoms with Crippen molar-refractivity contribution in [2.24, 2.45) is 0 Å². The van der Waals surface area contributed by atoms with Crippen LogP contribution in [0.3, 0.4) is 0 Å². The molecule has 0 saturated carbocycles. The van der Waals surface area contributed by atoms with E-state index in [1.807, 2.05) is 6.92 Å². The zero-order valence-corrected chi connectivity index (χ0v) is 13.7. The Morgan fingerprint density at radius 2 is 2.24 bits per heavy atom. The highest BCUT2D eigenvalue weighted by molar-refractivity contribution is 8.00. The first kappa shape index (κ1) is 16.7. The highest BCUT2D eigenvalue weighted by atomic mass is 32.2. The summed E-state index contributed by atoms with van der Waals surface area (Å²) in [6.45, 7) is 3.38. The number of thioether (sulfide) groups is 1. The van der Waals surface area contributed by atoms with Crippen molar-refractivity contribution >= 4 is 21.8 Å². The summed E-state index contributed by atoms with van der Waals surface area (Å²) in [6.07, 6.45) is 2.18. The smallest absolute Gasteiger partial charge is 0.240 e. The van der Waals surface area contributed by atoms with E-state index in [4.69, 9.17) is 0 Å². The minimum atomic E-state index is -3.57. The van der Waals surface area contributed by atoms with Crippen LogP contribution >= 0.6 is 11.8 Å². The third-order valence-electron chi connectivity index (χ3n) is 3.42. The summed E-state index contributed by atoms with van der Waals surface area (Å²) in [5.74, 6) is 0.705. The van der Waals surface area contributed by atoms with E-state index in [9.17, 15) is 12.8 Å². The molecule has 0 aromatic heterocycles. The lowest BCUT2D eigenvalue weighted by Crippen LogP contribution is -2.30. The molecule has 0 radical (unpaired) electrons. The Morgan fingerprint density at radius 3 is 2.90 bits per heavy atom. The topological polar surface area (TPSA) is 58.2 Å². The molecule has 2 N–H and O–H groups in total. The third-order valence-corrected chi connectivity index (χ3v) is 6.24. The maximum atomic E-state index is 13.7. The molecule has 2 rings (SSSR count). The molecule has 1 heterocycles. The molecular weight excluding hydrogens is 311 g/mol. The predicted octanol–water partition coefficient (Wildman–Crippen LogP) is 2.11. The van der Waals surface area contributed by atoms with E-state index in [1.54, 1.807) is 11.8 Å². The van der Waals surface area contributed by atoms with Gasteiger partial charge in [-0.15, -0.1) is 0 Å². The second kappa shape index (κ2) is 7.58. The van der Waals surface area contributed by atoms with Gasteiger partial charge in [-0.25, -0.2) is 17.5 Å². The minimum Gasteiger partial charge on any atom is -0.313 e. The summed E-state index contributed by atoms with van der Waals surface area (Å²) >= 11 is 1.80. The Morgan fingerprint density at radius 1 is 1.43 bits per heavy atom. The highest BCUT2D eigenvalue weighted by Gasteiger charge is 2.20. The van der Waals surface area contributed by atoms with Crippen LogP contribution in [0, 0.1) is 5.82 Å². The molecule has 4 nitrogen and oxygen atoms in total. The molecule has 0 spiro atoms. The van der Waals surface area contributed by atoms with Crippen LogP contribution in [0.25, 0.3) is 0 Å². The molecule has 1 aromatic carbocycles. The summed E-state index contributed by atoms with van der Waals surface area (Å²) in [5.41, 5.74) is 0.370. The van der Waals surface area contributed by atoms with Gasteiger partial charge < -0.3 is 5.32 Å². The van der Waals surface area contributed by atoms with E-state index in [1.165, 1.54) is 18.2 Å². The summed E-state index contributed by atoms with van der Waals surface area (Å²) in [6, 6.07) is 3.93. The standard InChI is InChI=1S/C14H21FN2O2S2/c1-2-16-9-11-8-13(5-6-14(11)15)21(18,19)17-10-12-4-3-7-20-12/h5-6,8,12,16-17H,2-4,7,9-10H2,1H3. The lowest BCUT2D eigenvalue weighted by Gasteiger charge is -2.12. The Kier molecular flexibility index (Phi) is 6.04. The number of rotatable bonds is 7. The largest absolute Gasteiger partial charge is 0.313 e. The van der Waals surface area contributed by atoms with Crippen molar-refractivity contribution in [3.8, 4) is 0 Å². The summed E-state index contributed by atoms with van der Waals surface area (Å²) in [7, 11) is -3.57. The van der Waals surface area contributed by atoms with Crippen molar-refractivity contribution < 1.29 is 12.8 Å². The van der Waals surface area contributed by atoms with E-state index in [-0.39, 0.29) is 10.7 Å². The lowest BCUT2D eigenvalue weighted by molar-refractivity contribution is 0.574. The fourth-order valence-corrected chi connectivity index (χ4v) is 4.64. The Hall–Kier alpha value is -0.630. The molecule has 1 aliphatic heterocycles. The van der Waals surface area contributed by atoms with Crippen LogP contribution in [0.1, 0.15) is 25.3 Å². The number of sulfonamides is 1. The Labute approximate surface area is 129 Å². The molecule has 1 aliphatic rings. The van der Waals surface area contributed by atoms with Gasteiger partial charge in [-0.3, -0.25) is 0 Å². The first-order chi connectivity index (χ1) is 10.0. The van der Waals surface area contributed by atoms with Gasteiger partial charge in [0.05, 0.1) is 4.90 Å². The van der Waals surface area contributed by atoms with Crippen LogP contribution < -0.4 is 10.0 Å². The molecule has 1 atom stereocenters.